The molecule has 0 saturated heterocycles. The van der Waals surface area contributed by atoms with Crippen LogP contribution in [-0.4, -0.2) is 6.04 Å². The second-order valence-corrected chi connectivity index (χ2v) is 6.54. The van der Waals surface area contributed by atoms with Crippen LogP contribution in [0.25, 0.3) is 0 Å². The van der Waals surface area contributed by atoms with Crippen molar-refractivity contribution in [2.24, 2.45) is 5.73 Å². The van der Waals surface area contributed by atoms with E-state index in [4.69, 9.17) is 28.9 Å². The lowest BCUT2D eigenvalue weighted by atomic mass is 10.1. The molecule has 0 aromatic heterocycles. The summed E-state index contributed by atoms with van der Waals surface area (Å²) in [4.78, 5) is 1.78. The normalized spacial score (nSPS) is 12.4. The third kappa shape index (κ3) is 4.13. The Morgan fingerprint density at radius 3 is 2.60 bits per heavy atom. The Morgan fingerprint density at radius 2 is 1.90 bits per heavy atom. The van der Waals surface area contributed by atoms with Crippen molar-refractivity contribution in [2.75, 3.05) is 0 Å². The van der Waals surface area contributed by atoms with Crippen molar-refractivity contribution >= 4 is 35.0 Å². The number of halogens is 3. The standard InChI is InChI=1S/C15H14Cl2FNS/c1-9(19)6-10-7-12(18)3-5-14(10)20-15-8-11(16)2-4-13(15)17/h2-5,7-9H,6,19H2,1H3. The quantitative estimate of drug-likeness (QED) is 0.836. The van der Waals surface area contributed by atoms with Crippen molar-refractivity contribution in [3.8, 4) is 0 Å². The van der Waals surface area contributed by atoms with E-state index in [1.54, 1.807) is 24.3 Å². The van der Waals surface area contributed by atoms with Crippen LogP contribution in [0.2, 0.25) is 10.0 Å². The number of hydrogen-bond acceptors (Lipinski definition) is 2. The molecule has 0 fully saturated rings. The van der Waals surface area contributed by atoms with Gasteiger partial charge in [0.1, 0.15) is 5.82 Å². The Morgan fingerprint density at radius 1 is 1.15 bits per heavy atom. The summed E-state index contributed by atoms with van der Waals surface area (Å²) in [6.07, 6.45) is 0.609. The first kappa shape index (κ1) is 15.6. The minimum Gasteiger partial charge on any atom is -0.328 e. The van der Waals surface area contributed by atoms with Gasteiger partial charge in [-0.3, -0.25) is 0 Å². The predicted octanol–water partition coefficient (Wildman–Crippen LogP) is 5.17. The summed E-state index contributed by atoms with van der Waals surface area (Å²) in [6.45, 7) is 1.89. The molecule has 1 nitrogen and oxygen atoms in total. The van der Waals surface area contributed by atoms with E-state index in [0.717, 1.165) is 15.4 Å². The molecular weight excluding hydrogens is 316 g/mol. The van der Waals surface area contributed by atoms with Crippen LogP contribution < -0.4 is 5.73 Å². The average Bonchev–Trinajstić information content (AvgIpc) is 2.36. The third-order valence-corrected chi connectivity index (χ3v) is 4.53. The zero-order chi connectivity index (χ0) is 14.7. The van der Waals surface area contributed by atoms with E-state index in [0.29, 0.717) is 16.5 Å². The zero-order valence-electron chi connectivity index (χ0n) is 10.9. The van der Waals surface area contributed by atoms with Gasteiger partial charge in [-0.15, -0.1) is 0 Å². The molecule has 0 bridgehead atoms. The lowest BCUT2D eigenvalue weighted by Crippen LogP contribution is -2.18. The summed E-state index contributed by atoms with van der Waals surface area (Å²) in [5, 5.41) is 1.24. The number of benzene rings is 2. The molecular formula is C15H14Cl2FNS. The van der Waals surface area contributed by atoms with E-state index in [9.17, 15) is 4.39 Å². The molecule has 0 saturated carbocycles. The fourth-order valence-corrected chi connectivity index (χ4v) is 3.30. The largest absolute Gasteiger partial charge is 0.328 e. The van der Waals surface area contributed by atoms with Crippen LogP contribution in [0.4, 0.5) is 4.39 Å². The van der Waals surface area contributed by atoms with Gasteiger partial charge >= 0.3 is 0 Å². The highest BCUT2D eigenvalue weighted by atomic mass is 35.5. The highest BCUT2D eigenvalue weighted by molar-refractivity contribution is 7.99. The molecule has 0 radical (unpaired) electrons. The molecule has 1 atom stereocenters. The van der Waals surface area contributed by atoms with E-state index in [1.165, 1.54) is 23.9 Å². The van der Waals surface area contributed by atoms with E-state index in [1.807, 2.05) is 6.92 Å². The molecule has 2 N–H and O–H groups in total. The maximum absolute atomic E-state index is 13.4. The molecule has 2 rings (SSSR count). The van der Waals surface area contributed by atoms with Crippen LogP contribution in [0, 0.1) is 5.82 Å². The van der Waals surface area contributed by atoms with Crippen molar-refractivity contribution in [1.82, 2.24) is 0 Å². The fraction of sp³-hybridized carbons (Fsp3) is 0.200. The van der Waals surface area contributed by atoms with Gasteiger partial charge in [-0.05, 0) is 55.3 Å². The zero-order valence-corrected chi connectivity index (χ0v) is 13.2. The van der Waals surface area contributed by atoms with Crippen LogP contribution >= 0.6 is 35.0 Å². The molecule has 0 amide bonds. The van der Waals surface area contributed by atoms with E-state index in [-0.39, 0.29) is 11.9 Å². The Balaban J connectivity index is 2.35. The summed E-state index contributed by atoms with van der Waals surface area (Å²) in [5.74, 6) is -0.262. The number of hydrogen-bond donors (Lipinski definition) is 1. The van der Waals surface area contributed by atoms with Crippen LogP contribution in [-0.2, 0) is 6.42 Å². The van der Waals surface area contributed by atoms with E-state index < -0.39 is 0 Å². The highest BCUT2D eigenvalue weighted by Gasteiger charge is 2.10. The lowest BCUT2D eigenvalue weighted by molar-refractivity contribution is 0.620. The van der Waals surface area contributed by atoms with Crippen molar-refractivity contribution in [2.45, 2.75) is 29.2 Å². The molecule has 1 unspecified atom stereocenters. The van der Waals surface area contributed by atoms with Gasteiger partial charge < -0.3 is 5.73 Å². The van der Waals surface area contributed by atoms with Gasteiger partial charge in [0.25, 0.3) is 0 Å². The van der Waals surface area contributed by atoms with Crippen molar-refractivity contribution < 1.29 is 4.39 Å². The van der Waals surface area contributed by atoms with E-state index in [2.05, 4.69) is 0 Å². The average molecular weight is 330 g/mol. The molecule has 2 aromatic rings. The first-order chi connectivity index (χ1) is 9.45. The van der Waals surface area contributed by atoms with Crippen molar-refractivity contribution in [3.05, 3.63) is 57.8 Å². The van der Waals surface area contributed by atoms with Gasteiger partial charge in [0.2, 0.25) is 0 Å². The van der Waals surface area contributed by atoms with Gasteiger partial charge in [0.05, 0.1) is 5.02 Å². The second-order valence-electron chi connectivity index (χ2n) is 4.61. The minimum absolute atomic E-state index is 0.0361. The molecule has 0 aliphatic rings. The molecule has 0 aliphatic heterocycles. The Hall–Kier alpha value is -0.740. The molecule has 0 spiro atoms. The number of rotatable bonds is 4. The molecule has 20 heavy (non-hydrogen) atoms. The monoisotopic (exact) mass is 329 g/mol. The molecule has 0 heterocycles. The summed E-state index contributed by atoms with van der Waals surface area (Å²) in [5.41, 5.74) is 6.69. The second kappa shape index (κ2) is 6.81. The molecule has 5 heteroatoms. The lowest BCUT2D eigenvalue weighted by Gasteiger charge is -2.12. The predicted molar refractivity (Wildman–Crippen MR) is 84.3 cm³/mol. The van der Waals surface area contributed by atoms with Crippen LogP contribution in [0.3, 0.4) is 0 Å². The first-order valence-corrected chi connectivity index (χ1v) is 7.70. The summed E-state index contributed by atoms with van der Waals surface area (Å²) in [7, 11) is 0. The summed E-state index contributed by atoms with van der Waals surface area (Å²) in [6, 6.07) is 9.95. The SMILES string of the molecule is CC(N)Cc1cc(F)ccc1Sc1cc(Cl)ccc1Cl. The molecule has 0 aliphatic carbocycles. The summed E-state index contributed by atoms with van der Waals surface area (Å²) < 4.78 is 13.4. The molecule has 106 valence electrons. The highest BCUT2D eigenvalue weighted by Crippen LogP contribution is 2.37. The Kier molecular flexibility index (Phi) is 5.33. The molecule has 2 aromatic carbocycles. The number of nitrogens with two attached hydrogens (primary N) is 1. The van der Waals surface area contributed by atoms with Gasteiger partial charge in [-0.25, -0.2) is 4.39 Å². The van der Waals surface area contributed by atoms with Crippen LogP contribution in [0.15, 0.2) is 46.2 Å². The van der Waals surface area contributed by atoms with Crippen LogP contribution in [0.5, 0.6) is 0 Å². The van der Waals surface area contributed by atoms with Gasteiger partial charge in [-0.1, -0.05) is 35.0 Å². The topological polar surface area (TPSA) is 26.0 Å². The van der Waals surface area contributed by atoms with Gasteiger partial charge in [0, 0.05) is 20.9 Å². The fourth-order valence-electron chi connectivity index (χ4n) is 1.83. The smallest absolute Gasteiger partial charge is 0.123 e. The van der Waals surface area contributed by atoms with Crippen molar-refractivity contribution in [3.63, 3.8) is 0 Å². The van der Waals surface area contributed by atoms with Crippen molar-refractivity contribution in [1.29, 1.82) is 0 Å². The Bertz CT molecular complexity index is 617. The van der Waals surface area contributed by atoms with Gasteiger partial charge in [-0.2, -0.15) is 0 Å². The van der Waals surface area contributed by atoms with E-state index >= 15 is 0 Å². The maximum atomic E-state index is 13.4. The van der Waals surface area contributed by atoms with Gasteiger partial charge in [0.15, 0.2) is 0 Å². The third-order valence-electron chi connectivity index (χ3n) is 2.68. The first-order valence-electron chi connectivity index (χ1n) is 6.12. The minimum atomic E-state index is -0.262. The Labute approximate surface area is 132 Å². The maximum Gasteiger partial charge on any atom is 0.123 e. The summed E-state index contributed by atoms with van der Waals surface area (Å²) >= 11 is 13.6. The van der Waals surface area contributed by atoms with Crippen LogP contribution in [0.1, 0.15) is 12.5 Å².